The van der Waals surface area contributed by atoms with Crippen molar-refractivity contribution in [2.45, 2.75) is 73.5 Å². The Balaban J connectivity index is 2.59. The van der Waals surface area contributed by atoms with Crippen molar-refractivity contribution in [3.05, 3.63) is 36.0 Å². The Bertz CT molecular complexity index is 451. The van der Waals surface area contributed by atoms with Gasteiger partial charge in [0.05, 0.1) is 12.2 Å². The first-order valence-corrected chi connectivity index (χ1v) is 9.56. The van der Waals surface area contributed by atoms with Crippen molar-refractivity contribution in [2.75, 3.05) is 19.6 Å². The summed E-state index contributed by atoms with van der Waals surface area (Å²) in [6, 6.07) is 0. The fraction of sp³-hybridized carbons (Fsp3) is 0.727. The zero-order valence-electron chi connectivity index (χ0n) is 17.1. The van der Waals surface area contributed by atoms with Gasteiger partial charge in [-0.05, 0) is 50.5 Å². The van der Waals surface area contributed by atoms with E-state index >= 15 is 0 Å². The molecule has 3 atom stereocenters. The van der Waals surface area contributed by atoms with Crippen LogP contribution in [0, 0.1) is 11.3 Å². The summed E-state index contributed by atoms with van der Waals surface area (Å²) in [6.45, 7) is 23.0. The van der Waals surface area contributed by atoms with E-state index in [4.69, 9.17) is 4.74 Å². The lowest BCUT2D eigenvalue weighted by Crippen LogP contribution is -2.46. The summed E-state index contributed by atoms with van der Waals surface area (Å²) in [7, 11) is 0. The largest absolute Gasteiger partial charge is 0.373 e. The lowest BCUT2D eigenvalue weighted by molar-refractivity contribution is -0.0708. The molecule has 0 aromatic heterocycles. The van der Waals surface area contributed by atoms with Crippen molar-refractivity contribution in [1.29, 1.82) is 0 Å². The van der Waals surface area contributed by atoms with Crippen LogP contribution in [0.1, 0.15) is 61.3 Å². The van der Waals surface area contributed by atoms with Gasteiger partial charge in [0.1, 0.15) is 0 Å². The predicted molar refractivity (Wildman–Crippen MR) is 106 cm³/mol. The van der Waals surface area contributed by atoms with Crippen LogP contribution in [0.5, 0.6) is 0 Å². The van der Waals surface area contributed by atoms with Gasteiger partial charge in [0.2, 0.25) is 0 Å². The molecular weight excluding hydrogens is 294 g/mol. The molecule has 0 amide bonds. The average molecular weight is 334 g/mol. The molecule has 1 saturated heterocycles. The van der Waals surface area contributed by atoms with Crippen LogP contribution in [-0.2, 0) is 4.74 Å². The van der Waals surface area contributed by atoms with Crippen LogP contribution < -0.4 is 0 Å². The van der Waals surface area contributed by atoms with Crippen molar-refractivity contribution in [3.8, 4) is 0 Å². The Hall–Kier alpha value is -0.860. The van der Waals surface area contributed by atoms with Crippen LogP contribution in [-0.4, -0.2) is 36.7 Å². The molecule has 1 aliphatic heterocycles. The zero-order valence-corrected chi connectivity index (χ0v) is 17.1. The Morgan fingerprint density at radius 3 is 2.33 bits per heavy atom. The van der Waals surface area contributed by atoms with Crippen molar-refractivity contribution in [2.24, 2.45) is 11.3 Å². The van der Waals surface area contributed by atoms with Crippen molar-refractivity contribution in [1.82, 2.24) is 4.90 Å². The molecule has 1 heterocycles. The molecule has 24 heavy (non-hydrogen) atoms. The van der Waals surface area contributed by atoms with Gasteiger partial charge in [0.15, 0.2) is 0 Å². The number of morpholine rings is 1. The highest BCUT2D eigenvalue weighted by Crippen LogP contribution is 2.30. The molecule has 1 aliphatic rings. The van der Waals surface area contributed by atoms with E-state index < -0.39 is 0 Å². The van der Waals surface area contributed by atoms with E-state index in [1.165, 1.54) is 11.1 Å². The number of ether oxygens (including phenoxy) is 1. The average Bonchev–Trinajstić information content (AvgIpc) is 2.46. The Morgan fingerprint density at radius 1 is 1.25 bits per heavy atom. The Morgan fingerprint density at radius 2 is 1.83 bits per heavy atom. The molecule has 0 aliphatic carbocycles. The van der Waals surface area contributed by atoms with E-state index in [0.29, 0.717) is 18.1 Å². The van der Waals surface area contributed by atoms with E-state index in [-0.39, 0.29) is 5.41 Å². The molecule has 1 rings (SSSR count). The van der Waals surface area contributed by atoms with Crippen molar-refractivity contribution < 1.29 is 4.74 Å². The fourth-order valence-corrected chi connectivity index (χ4v) is 3.56. The number of nitrogens with zero attached hydrogens (tertiary/aromatic N) is 1. The van der Waals surface area contributed by atoms with Gasteiger partial charge in [-0.15, -0.1) is 0 Å². The first kappa shape index (κ1) is 21.2. The number of hydrogen-bond acceptors (Lipinski definition) is 2. The van der Waals surface area contributed by atoms with Crippen LogP contribution in [0.2, 0.25) is 0 Å². The molecule has 0 aromatic carbocycles. The maximum absolute atomic E-state index is 5.83. The molecule has 0 aromatic rings. The van der Waals surface area contributed by atoms with Gasteiger partial charge in [0, 0.05) is 19.6 Å². The summed E-state index contributed by atoms with van der Waals surface area (Å²) in [5, 5.41) is 0. The van der Waals surface area contributed by atoms with Gasteiger partial charge in [-0.1, -0.05) is 58.1 Å². The summed E-state index contributed by atoms with van der Waals surface area (Å²) >= 11 is 0. The summed E-state index contributed by atoms with van der Waals surface area (Å²) in [5.74, 6) is 0.665. The van der Waals surface area contributed by atoms with Crippen molar-refractivity contribution in [3.63, 3.8) is 0 Å². The fourth-order valence-electron chi connectivity index (χ4n) is 3.56. The molecule has 0 bridgehead atoms. The zero-order chi connectivity index (χ0) is 18.3. The Labute approximate surface area is 150 Å². The minimum absolute atomic E-state index is 0.199. The molecule has 0 radical (unpaired) electrons. The van der Waals surface area contributed by atoms with Gasteiger partial charge in [0.25, 0.3) is 0 Å². The number of hydrogen-bond donors (Lipinski definition) is 0. The highest BCUT2D eigenvalue weighted by atomic mass is 16.5. The monoisotopic (exact) mass is 333 g/mol. The molecule has 2 nitrogen and oxygen atoms in total. The lowest BCUT2D eigenvalue weighted by atomic mass is 9.81. The lowest BCUT2D eigenvalue weighted by Gasteiger charge is -2.36. The van der Waals surface area contributed by atoms with E-state index in [9.17, 15) is 0 Å². The smallest absolute Gasteiger partial charge is 0.0678 e. The van der Waals surface area contributed by atoms with Crippen LogP contribution >= 0.6 is 0 Å². The second-order valence-electron chi connectivity index (χ2n) is 8.36. The summed E-state index contributed by atoms with van der Waals surface area (Å²) < 4.78 is 5.83. The molecule has 0 N–H and O–H groups in total. The highest BCUT2D eigenvalue weighted by molar-refractivity contribution is 5.29. The summed E-state index contributed by atoms with van der Waals surface area (Å²) in [5.41, 5.74) is 2.97. The maximum Gasteiger partial charge on any atom is 0.0678 e. The van der Waals surface area contributed by atoms with E-state index in [1.807, 2.05) is 6.08 Å². The van der Waals surface area contributed by atoms with Gasteiger partial charge in [-0.2, -0.15) is 0 Å². The first-order chi connectivity index (χ1) is 11.2. The predicted octanol–water partition coefficient (Wildman–Crippen LogP) is 5.62. The molecule has 0 spiro atoms. The van der Waals surface area contributed by atoms with Crippen LogP contribution in [0.15, 0.2) is 36.0 Å². The molecule has 1 fully saturated rings. The third-order valence-corrected chi connectivity index (χ3v) is 5.17. The Kier molecular flexibility index (Phi) is 8.45. The third kappa shape index (κ3) is 6.94. The standard InChI is InChI=1S/C22H39NO/c1-9-21(22(7,8)10-2)12-11-17(3)13-18(4)14-23-15-19(5)24-20(6)16-23/h9,11-12,18-20H,1,10,13-16H2,2-8H3/b17-11+,21-12+. The van der Waals surface area contributed by atoms with Gasteiger partial charge in [-0.3, -0.25) is 4.90 Å². The maximum atomic E-state index is 5.83. The van der Waals surface area contributed by atoms with Crippen LogP contribution in [0.25, 0.3) is 0 Å². The van der Waals surface area contributed by atoms with E-state index in [2.05, 4.69) is 72.1 Å². The summed E-state index contributed by atoms with van der Waals surface area (Å²) in [6.07, 6.45) is 9.54. The third-order valence-electron chi connectivity index (χ3n) is 5.17. The van der Waals surface area contributed by atoms with Gasteiger partial charge < -0.3 is 4.74 Å². The topological polar surface area (TPSA) is 12.5 Å². The normalized spacial score (nSPS) is 25.6. The minimum Gasteiger partial charge on any atom is -0.373 e. The SMILES string of the molecule is C=C/C(=C\C=C(/C)CC(C)CN1CC(C)OC(C)C1)C(C)(C)CC. The molecule has 138 valence electrons. The highest BCUT2D eigenvalue weighted by Gasteiger charge is 2.23. The van der Waals surface area contributed by atoms with Gasteiger partial charge in [-0.25, -0.2) is 0 Å². The number of rotatable bonds is 8. The van der Waals surface area contributed by atoms with E-state index in [1.54, 1.807) is 0 Å². The molecular formula is C22H39NO. The van der Waals surface area contributed by atoms with Crippen LogP contribution in [0.4, 0.5) is 0 Å². The van der Waals surface area contributed by atoms with Crippen LogP contribution in [0.3, 0.4) is 0 Å². The second-order valence-corrected chi connectivity index (χ2v) is 8.36. The summed E-state index contributed by atoms with van der Waals surface area (Å²) in [4.78, 5) is 2.56. The second kappa shape index (κ2) is 9.58. The molecule has 3 unspecified atom stereocenters. The quantitative estimate of drug-likeness (QED) is 0.535. The van der Waals surface area contributed by atoms with E-state index in [0.717, 1.165) is 32.5 Å². The van der Waals surface area contributed by atoms with Gasteiger partial charge >= 0.3 is 0 Å². The molecule has 0 saturated carbocycles. The minimum atomic E-state index is 0.199. The first-order valence-electron chi connectivity index (χ1n) is 9.56. The number of allylic oxidation sites excluding steroid dienone is 5. The molecule has 2 heteroatoms. The van der Waals surface area contributed by atoms with Crippen molar-refractivity contribution >= 4 is 0 Å².